The molecule has 1 unspecified atom stereocenters. The Morgan fingerprint density at radius 1 is 0.962 bits per heavy atom. The summed E-state index contributed by atoms with van der Waals surface area (Å²) in [5.41, 5.74) is 1.49. The van der Waals surface area contributed by atoms with Crippen molar-refractivity contribution in [3.63, 3.8) is 0 Å². The first-order chi connectivity index (χ1) is 12.7. The Morgan fingerprint density at radius 3 is 2.38 bits per heavy atom. The highest BCUT2D eigenvalue weighted by atomic mass is 32.1. The second-order valence-electron chi connectivity index (χ2n) is 5.93. The number of carbonyl (C=O) groups excluding carboxylic acids is 2. The molecule has 0 bridgehead atoms. The average Bonchev–Trinajstić information content (AvgIpc) is 3.18. The molecule has 1 aromatic heterocycles. The SMILES string of the molecule is O=C1C(c2ccsc2)N(c2ccccc2)C(=O)CN1c1ccccc1F. The number of carbonyl (C=O) groups is 2. The molecule has 1 atom stereocenters. The zero-order valence-corrected chi connectivity index (χ0v) is 14.5. The Bertz CT molecular complexity index is 943. The van der Waals surface area contributed by atoms with Crippen molar-refractivity contribution >= 4 is 34.5 Å². The van der Waals surface area contributed by atoms with Crippen molar-refractivity contribution in [2.24, 2.45) is 0 Å². The van der Waals surface area contributed by atoms with E-state index in [0.29, 0.717) is 5.69 Å². The third-order valence-corrected chi connectivity index (χ3v) is 5.06. The van der Waals surface area contributed by atoms with E-state index in [2.05, 4.69) is 0 Å². The van der Waals surface area contributed by atoms with Gasteiger partial charge in [-0.3, -0.25) is 19.4 Å². The van der Waals surface area contributed by atoms with Gasteiger partial charge in [0.2, 0.25) is 5.91 Å². The largest absolute Gasteiger partial charge is 0.298 e. The summed E-state index contributed by atoms with van der Waals surface area (Å²) in [6.07, 6.45) is 0. The van der Waals surface area contributed by atoms with Gasteiger partial charge in [0.1, 0.15) is 18.4 Å². The van der Waals surface area contributed by atoms with Crippen molar-refractivity contribution in [2.75, 3.05) is 16.3 Å². The lowest BCUT2D eigenvalue weighted by molar-refractivity contribution is -0.128. The molecule has 2 aromatic carbocycles. The highest BCUT2D eigenvalue weighted by Crippen LogP contribution is 2.35. The molecule has 0 N–H and O–H groups in total. The van der Waals surface area contributed by atoms with Gasteiger partial charge in [0.15, 0.2) is 0 Å². The fourth-order valence-electron chi connectivity index (χ4n) is 3.17. The molecular weight excluding hydrogens is 351 g/mol. The Hall–Kier alpha value is -2.99. The van der Waals surface area contributed by atoms with Crippen LogP contribution in [-0.2, 0) is 9.59 Å². The highest BCUT2D eigenvalue weighted by Gasteiger charge is 2.42. The maximum Gasteiger partial charge on any atom is 0.255 e. The maximum atomic E-state index is 14.2. The lowest BCUT2D eigenvalue weighted by Crippen LogP contribution is -2.56. The third kappa shape index (κ3) is 2.78. The minimum atomic E-state index is -0.815. The van der Waals surface area contributed by atoms with Crippen molar-refractivity contribution < 1.29 is 14.0 Å². The van der Waals surface area contributed by atoms with Crippen LogP contribution >= 0.6 is 11.3 Å². The first-order valence-corrected chi connectivity index (χ1v) is 9.06. The standard InChI is InChI=1S/C20H15FN2O2S/c21-16-8-4-5-9-17(16)22-12-18(24)23(15-6-2-1-3-7-15)19(20(22)25)14-10-11-26-13-14/h1-11,13,19H,12H2. The van der Waals surface area contributed by atoms with E-state index in [1.54, 1.807) is 24.3 Å². The zero-order chi connectivity index (χ0) is 18.1. The van der Waals surface area contributed by atoms with E-state index in [9.17, 15) is 14.0 Å². The summed E-state index contributed by atoms with van der Waals surface area (Å²) < 4.78 is 14.2. The van der Waals surface area contributed by atoms with Gasteiger partial charge in [0.05, 0.1) is 5.69 Å². The summed E-state index contributed by atoms with van der Waals surface area (Å²) >= 11 is 1.45. The molecule has 1 aliphatic heterocycles. The summed E-state index contributed by atoms with van der Waals surface area (Å²) in [4.78, 5) is 29.0. The number of nitrogens with zero attached hydrogens (tertiary/aromatic N) is 2. The molecule has 6 heteroatoms. The molecule has 4 rings (SSSR count). The molecule has 130 valence electrons. The Balaban J connectivity index is 1.81. The molecule has 3 aromatic rings. The normalized spacial score (nSPS) is 17.7. The quantitative estimate of drug-likeness (QED) is 0.703. The van der Waals surface area contributed by atoms with Crippen LogP contribution in [0.5, 0.6) is 0 Å². The smallest absolute Gasteiger partial charge is 0.255 e. The van der Waals surface area contributed by atoms with E-state index >= 15 is 0 Å². The molecule has 0 spiro atoms. The summed E-state index contributed by atoms with van der Waals surface area (Å²) in [7, 11) is 0. The number of piperazine rings is 1. The summed E-state index contributed by atoms with van der Waals surface area (Å²) in [6.45, 7) is -0.199. The number of halogens is 1. The summed E-state index contributed by atoms with van der Waals surface area (Å²) in [6, 6.07) is 16.1. The highest BCUT2D eigenvalue weighted by molar-refractivity contribution is 7.08. The number of rotatable bonds is 3. The van der Waals surface area contributed by atoms with Gasteiger partial charge in [-0.15, -0.1) is 0 Å². The van der Waals surface area contributed by atoms with Crippen LogP contribution in [-0.4, -0.2) is 18.4 Å². The van der Waals surface area contributed by atoms with Crippen molar-refractivity contribution in [3.8, 4) is 0 Å². The number of para-hydroxylation sites is 2. The fraction of sp³-hybridized carbons (Fsp3) is 0.100. The Labute approximate surface area is 154 Å². The van der Waals surface area contributed by atoms with Crippen LogP contribution in [0, 0.1) is 5.82 Å². The molecule has 2 heterocycles. The second-order valence-corrected chi connectivity index (χ2v) is 6.71. The van der Waals surface area contributed by atoms with E-state index in [4.69, 9.17) is 0 Å². The molecule has 1 fully saturated rings. The lowest BCUT2D eigenvalue weighted by Gasteiger charge is -2.40. The van der Waals surface area contributed by atoms with Gasteiger partial charge < -0.3 is 0 Å². The predicted molar refractivity (Wildman–Crippen MR) is 99.7 cm³/mol. The van der Waals surface area contributed by atoms with E-state index in [1.165, 1.54) is 33.3 Å². The minimum absolute atomic E-state index is 0.124. The van der Waals surface area contributed by atoms with Crippen LogP contribution in [0.4, 0.5) is 15.8 Å². The van der Waals surface area contributed by atoms with E-state index < -0.39 is 11.9 Å². The van der Waals surface area contributed by atoms with Gasteiger partial charge in [-0.1, -0.05) is 30.3 Å². The van der Waals surface area contributed by atoms with Gasteiger partial charge in [-0.05, 0) is 46.7 Å². The van der Waals surface area contributed by atoms with Gasteiger partial charge >= 0.3 is 0 Å². The molecule has 4 nitrogen and oxygen atoms in total. The van der Waals surface area contributed by atoms with Crippen LogP contribution in [0.3, 0.4) is 0 Å². The van der Waals surface area contributed by atoms with E-state index in [1.807, 2.05) is 35.0 Å². The number of hydrogen-bond donors (Lipinski definition) is 0. The number of thiophene rings is 1. The summed E-state index contributed by atoms with van der Waals surface area (Å²) in [5, 5.41) is 3.70. The molecule has 0 saturated carbocycles. The topological polar surface area (TPSA) is 40.6 Å². The van der Waals surface area contributed by atoms with Gasteiger partial charge in [0, 0.05) is 5.69 Å². The molecule has 0 aliphatic carbocycles. The average molecular weight is 366 g/mol. The van der Waals surface area contributed by atoms with Crippen molar-refractivity contribution in [2.45, 2.75) is 6.04 Å². The van der Waals surface area contributed by atoms with Crippen LogP contribution in [0.2, 0.25) is 0 Å². The lowest BCUT2D eigenvalue weighted by atomic mass is 10.0. The number of benzene rings is 2. The predicted octanol–water partition coefficient (Wildman–Crippen LogP) is 4.01. The second kappa shape index (κ2) is 6.72. The monoisotopic (exact) mass is 366 g/mol. The van der Waals surface area contributed by atoms with E-state index in [0.717, 1.165) is 5.56 Å². The van der Waals surface area contributed by atoms with Gasteiger partial charge in [0.25, 0.3) is 5.91 Å². The van der Waals surface area contributed by atoms with E-state index in [-0.39, 0.29) is 24.0 Å². The van der Waals surface area contributed by atoms with Crippen molar-refractivity contribution in [1.29, 1.82) is 0 Å². The molecule has 1 saturated heterocycles. The number of amides is 2. The van der Waals surface area contributed by atoms with Crippen molar-refractivity contribution in [3.05, 3.63) is 82.8 Å². The molecule has 2 amide bonds. The molecule has 26 heavy (non-hydrogen) atoms. The number of hydrogen-bond acceptors (Lipinski definition) is 3. The molecule has 0 radical (unpaired) electrons. The van der Waals surface area contributed by atoms with Gasteiger partial charge in [-0.2, -0.15) is 11.3 Å². The first kappa shape index (κ1) is 16.5. The maximum absolute atomic E-state index is 14.2. The van der Waals surface area contributed by atoms with Gasteiger partial charge in [-0.25, -0.2) is 4.39 Å². The molecular formula is C20H15FN2O2S. The van der Waals surface area contributed by atoms with Crippen LogP contribution in [0.1, 0.15) is 11.6 Å². The Morgan fingerprint density at radius 2 is 1.69 bits per heavy atom. The number of anilines is 2. The zero-order valence-electron chi connectivity index (χ0n) is 13.7. The third-order valence-electron chi connectivity index (χ3n) is 4.36. The van der Waals surface area contributed by atoms with Crippen molar-refractivity contribution in [1.82, 2.24) is 0 Å². The van der Waals surface area contributed by atoms with Crippen LogP contribution in [0.25, 0.3) is 0 Å². The summed E-state index contributed by atoms with van der Waals surface area (Å²) in [5.74, 6) is -1.10. The Kier molecular flexibility index (Phi) is 4.26. The fourth-order valence-corrected chi connectivity index (χ4v) is 3.85. The minimum Gasteiger partial charge on any atom is -0.298 e. The van der Waals surface area contributed by atoms with Crippen LogP contribution < -0.4 is 9.80 Å². The molecule has 1 aliphatic rings. The first-order valence-electron chi connectivity index (χ1n) is 8.12. The van der Waals surface area contributed by atoms with Crippen LogP contribution in [0.15, 0.2) is 71.4 Å².